The van der Waals surface area contributed by atoms with Crippen LogP contribution in [-0.4, -0.2) is 35.4 Å². The summed E-state index contributed by atoms with van der Waals surface area (Å²) in [4.78, 5) is 19.5. The van der Waals surface area contributed by atoms with Gasteiger partial charge in [0.1, 0.15) is 11.6 Å². The van der Waals surface area contributed by atoms with Crippen LogP contribution in [0.5, 0.6) is 0 Å². The van der Waals surface area contributed by atoms with Gasteiger partial charge in [0.25, 0.3) is 0 Å². The number of carbonyl (C=O) groups excluding carboxylic acids is 1. The first-order chi connectivity index (χ1) is 14.7. The molecule has 0 spiro atoms. The highest BCUT2D eigenvalue weighted by atomic mass is 35.5. The first-order valence-electron chi connectivity index (χ1n) is 10.3. The molecule has 0 bridgehead atoms. The molecule has 1 amide bonds. The summed E-state index contributed by atoms with van der Waals surface area (Å²) in [5.41, 5.74) is 6.47. The van der Waals surface area contributed by atoms with Crippen LogP contribution in [0.2, 0.25) is 5.02 Å². The van der Waals surface area contributed by atoms with Crippen molar-refractivity contribution in [3.05, 3.63) is 58.6 Å². The second-order valence-corrected chi connectivity index (χ2v) is 8.89. The lowest BCUT2D eigenvalue weighted by Crippen LogP contribution is -2.57. The lowest BCUT2D eigenvalue weighted by atomic mass is 9.85. The molecule has 31 heavy (non-hydrogen) atoms. The Kier molecular flexibility index (Phi) is 5.75. The van der Waals surface area contributed by atoms with E-state index >= 15 is 0 Å². The number of carbonyl (C=O) groups is 1. The third-order valence-corrected chi connectivity index (χ3v) is 6.54. The Hall–Kier alpha value is -2.51. The van der Waals surface area contributed by atoms with E-state index in [9.17, 15) is 13.6 Å². The first kappa shape index (κ1) is 21.7. The number of rotatable bonds is 3. The van der Waals surface area contributed by atoms with E-state index in [1.165, 1.54) is 12.1 Å². The molecular formula is C23H25ClF2N4O. The fourth-order valence-corrected chi connectivity index (χ4v) is 5.04. The van der Waals surface area contributed by atoms with Gasteiger partial charge in [-0.2, -0.15) is 0 Å². The highest BCUT2D eigenvalue weighted by Crippen LogP contribution is 2.42. The molecule has 0 unspecified atom stereocenters. The predicted octanol–water partition coefficient (Wildman–Crippen LogP) is 4.19. The number of piperidine rings is 1. The molecule has 0 saturated carbocycles. The molecule has 2 heterocycles. The molecule has 2 aromatic rings. The van der Waals surface area contributed by atoms with Gasteiger partial charge in [0.15, 0.2) is 5.96 Å². The fourth-order valence-electron chi connectivity index (χ4n) is 4.60. The van der Waals surface area contributed by atoms with Crippen LogP contribution >= 0.6 is 11.6 Å². The Morgan fingerprint density at radius 3 is 2.71 bits per heavy atom. The van der Waals surface area contributed by atoms with Crippen molar-refractivity contribution in [2.45, 2.75) is 50.7 Å². The second-order valence-electron chi connectivity index (χ2n) is 8.51. The second kappa shape index (κ2) is 8.20. The highest BCUT2D eigenvalue weighted by Gasteiger charge is 2.42. The van der Waals surface area contributed by atoms with Gasteiger partial charge in [-0.05, 0) is 50.9 Å². The van der Waals surface area contributed by atoms with Gasteiger partial charge in [-0.15, -0.1) is 0 Å². The average molecular weight is 447 g/mol. The van der Waals surface area contributed by atoms with E-state index in [2.05, 4.69) is 17.2 Å². The monoisotopic (exact) mass is 446 g/mol. The zero-order valence-electron chi connectivity index (χ0n) is 17.5. The lowest BCUT2D eigenvalue weighted by Gasteiger charge is -2.42. The molecule has 164 valence electrons. The predicted molar refractivity (Wildman–Crippen MR) is 118 cm³/mol. The van der Waals surface area contributed by atoms with E-state index in [-0.39, 0.29) is 34.9 Å². The molecule has 0 aliphatic carbocycles. The number of benzene rings is 2. The molecule has 2 aromatic carbocycles. The molecule has 2 aliphatic heterocycles. The van der Waals surface area contributed by atoms with Crippen LogP contribution in [-0.2, 0) is 10.3 Å². The molecule has 2 aliphatic rings. The van der Waals surface area contributed by atoms with Crippen molar-refractivity contribution >= 4 is 23.5 Å². The number of amides is 1. The highest BCUT2D eigenvalue weighted by molar-refractivity contribution is 6.34. The van der Waals surface area contributed by atoms with E-state index in [1.807, 2.05) is 0 Å². The molecule has 1 saturated heterocycles. The summed E-state index contributed by atoms with van der Waals surface area (Å²) in [5, 5.41) is 3.64. The zero-order chi connectivity index (χ0) is 22.3. The third kappa shape index (κ3) is 4.04. The van der Waals surface area contributed by atoms with E-state index < -0.39 is 17.2 Å². The molecule has 3 N–H and O–H groups in total. The summed E-state index contributed by atoms with van der Waals surface area (Å²) in [6.45, 7) is 4.70. The standard InChI is InChI=1S/C23H25ClF2N4O/c1-13-10-15(8-9-28-13)30-20(31)12-23(2,29-22(30)27)18-5-3-4-17(21(18)24)16-7-6-14(25)11-19(16)26/h3-7,11,13,15,28H,8-10,12H2,1-2H3,(H2,27,29)/t13-,15-,23+/m1/s1. The molecule has 1 fully saturated rings. The summed E-state index contributed by atoms with van der Waals surface area (Å²) >= 11 is 6.67. The van der Waals surface area contributed by atoms with Crippen LogP contribution in [0.15, 0.2) is 41.4 Å². The van der Waals surface area contributed by atoms with E-state index in [0.717, 1.165) is 25.5 Å². The Labute approximate surface area is 185 Å². The smallest absolute Gasteiger partial charge is 0.232 e. The van der Waals surface area contributed by atoms with Gasteiger partial charge < -0.3 is 11.1 Å². The number of nitrogens with zero attached hydrogens (tertiary/aromatic N) is 2. The van der Waals surface area contributed by atoms with Crippen molar-refractivity contribution in [2.24, 2.45) is 10.7 Å². The number of hydrogen-bond acceptors (Lipinski definition) is 4. The van der Waals surface area contributed by atoms with Crippen molar-refractivity contribution in [1.82, 2.24) is 10.2 Å². The normalized spacial score (nSPS) is 26.7. The van der Waals surface area contributed by atoms with Crippen LogP contribution in [0.3, 0.4) is 0 Å². The summed E-state index contributed by atoms with van der Waals surface area (Å²) in [6, 6.07) is 8.80. The number of nitrogens with two attached hydrogens (primary N) is 1. The van der Waals surface area contributed by atoms with Gasteiger partial charge in [-0.3, -0.25) is 9.69 Å². The summed E-state index contributed by atoms with van der Waals surface area (Å²) in [5.74, 6) is -1.31. The molecule has 8 heteroatoms. The van der Waals surface area contributed by atoms with Gasteiger partial charge in [0.2, 0.25) is 5.91 Å². The summed E-state index contributed by atoms with van der Waals surface area (Å²) < 4.78 is 27.7. The van der Waals surface area contributed by atoms with Crippen molar-refractivity contribution in [1.29, 1.82) is 0 Å². The van der Waals surface area contributed by atoms with Gasteiger partial charge in [0, 0.05) is 29.3 Å². The van der Waals surface area contributed by atoms with Gasteiger partial charge >= 0.3 is 0 Å². The molecule has 3 atom stereocenters. The number of hydrogen-bond donors (Lipinski definition) is 2. The molecule has 4 rings (SSSR count). The van der Waals surface area contributed by atoms with E-state index in [4.69, 9.17) is 17.3 Å². The quantitative estimate of drug-likeness (QED) is 0.742. The summed E-state index contributed by atoms with van der Waals surface area (Å²) in [6.07, 6.45) is 1.71. The van der Waals surface area contributed by atoms with Crippen LogP contribution in [0, 0.1) is 11.6 Å². The Bertz CT molecular complexity index is 1060. The van der Waals surface area contributed by atoms with Gasteiger partial charge in [-0.1, -0.05) is 29.8 Å². The maximum Gasteiger partial charge on any atom is 0.232 e. The van der Waals surface area contributed by atoms with Crippen molar-refractivity contribution < 1.29 is 13.6 Å². The third-order valence-electron chi connectivity index (χ3n) is 6.13. The van der Waals surface area contributed by atoms with Crippen LogP contribution < -0.4 is 11.1 Å². The van der Waals surface area contributed by atoms with E-state index in [1.54, 1.807) is 30.0 Å². The molecule has 0 aromatic heterocycles. The Morgan fingerprint density at radius 1 is 1.26 bits per heavy atom. The van der Waals surface area contributed by atoms with Crippen LogP contribution in [0.4, 0.5) is 8.78 Å². The SMILES string of the molecule is C[C@@H]1C[C@H](N2C(=O)C[C@@](C)(c3cccc(-c4ccc(F)cc4F)c3Cl)N=C2N)CCN1. The van der Waals surface area contributed by atoms with Gasteiger partial charge in [-0.25, -0.2) is 13.8 Å². The zero-order valence-corrected chi connectivity index (χ0v) is 18.2. The number of guanidine groups is 1. The van der Waals surface area contributed by atoms with Crippen LogP contribution in [0.1, 0.15) is 38.7 Å². The topological polar surface area (TPSA) is 70.7 Å². The van der Waals surface area contributed by atoms with E-state index in [0.29, 0.717) is 17.2 Å². The summed E-state index contributed by atoms with van der Waals surface area (Å²) in [7, 11) is 0. The Morgan fingerprint density at radius 2 is 2.03 bits per heavy atom. The Balaban J connectivity index is 1.72. The molecule has 0 radical (unpaired) electrons. The van der Waals surface area contributed by atoms with Crippen molar-refractivity contribution in [2.75, 3.05) is 6.54 Å². The largest absolute Gasteiger partial charge is 0.369 e. The average Bonchev–Trinajstić information content (AvgIpc) is 2.68. The number of halogens is 3. The fraction of sp³-hybridized carbons (Fsp3) is 0.391. The minimum absolute atomic E-state index is 0.00664. The maximum atomic E-state index is 14.4. The number of aliphatic imine (C=N–C) groups is 1. The number of nitrogens with one attached hydrogen (secondary N) is 1. The molecule has 5 nitrogen and oxygen atoms in total. The van der Waals surface area contributed by atoms with Crippen molar-refractivity contribution in [3.8, 4) is 11.1 Å². The molecular weight excluding hydrogens is 422 g/mol. The maximum absolute atomic E-state index is 14.4. The first-order valence-corrected chi connectivity index (χ1v) is 10.7. The van der Waals surface area contributed by atoms with Crippen molar-refractivity contribution in [3.63, 3.8) is 0 Å². The lowest BCUT2D eigenvalue weighted by molar-refractivity contribution is -0.131. The van der Waals surface area contributed by atoms with Gasteiger partial charge in [0.05, 0.1) is 17.0 Å². The minimum atomic E-state index is -0.986. The minimum Gasteiger partial charge on any atom is -0.369 e. The van der Waals surface area contributed by atoms with Crippen LogP contribution in [0.25, 0.3) is 11.1 Å².